The maximum atomic E-state index is 10.1. The van der Waals surface area contributed by atoms with Crippen LogP contribution in [0.25, 0.3) is 10.8 Å². The monoisotopic (exact) mass is 159 g/mol. The van der Waals surface area contributed by atoms with Gasteiger partial charge in [0.1, 0.15) is 5.76 Å². The van der Waals surface area contributed by atoms with Gasteiger partial charge in [-0.25, -0.2) is 0 Å². The Kier molecular flexibility index (Phi) is 1.67. The van der Waals surface area contributed by atoms with Crippen molar-refractivity contribution in [2.75, 3.05) is 0 Å². The first-order valence-corrected chi connectivity index (χ1v) is 3.72. The third-order valence-corrected chi connectivity index (χ3v) is 1.82. The van der Waals surface area contributed by atoms with E-state index < -0.39 is 0 Å². The maximum Gasteiger partial charge on any atom is 0.206 e. The maximum absolute atomic E-state index is 10.1. The molecule has 1 radical (unpaired) electrons. The average molecular weight is 159 g/mol. The first-order valence-electron chi connectivity index (χ1n) is 3.72. The van der Waals surface area contributed by atoms with Gasteiger partial charge in [-0.3, -0.25) is 4.79 Å². The average Bonchev–Trinajstić information content (AvgIpc) is 2.50. The number of rotatable bonds is 2. The van der Waals surface area contributed by atoms with Gasteiger partial charge in [-0.1, -0.05) is 24.3 Å². The Hall–Kier alpha value is -1.57. The molecule has 0 saturated heterocycles. The Balaban J connectivity index is 2.62. The van der Waals surface area contributed by atoms with Crippen LogP contribution >= 0.6 is 0 Å². The highest BCUT2D eigenvalue weighted by molar-refractivity contribution is 5.85. The Morgan fingerprint density at radius 1 is 1.33 bits per heavy atom. The third-order valence-electron chi connectivity index (χ3n) is 1.82. The van der Waals surface area contributed by atoms with Gasteiger partial charge in [0.15, 0.2) is 0 Å². The highest BCUT2D eigenvalue weighted by atomic mass is 16.3. The molecule has 0 fully saturated rings. The lowest BCUT2D eigenvalue weighted by atomic mass is 10.1. The van der Waals surface area contributed by atoms with Gasteiger partial charge in [0.05, 0.1) is 12.7 Å². The van der Waals surface area contributed by atoms with Gasteiger partial charge in [-0.15, -0.1) is 0 Å². The lowest BCUT2D eigenvalue weighted by Gasteiger charge is -1.88. The van der Waals surface area contributed by atoms with E-state index in [4.69, 9.17) is 4.42 Å². The summed E-state index contributed by atoms with van der Waals surface area (Å²) in [6.45, 7) is 0. The van der Waals surface area contributed by atoms with E-state index in [1.54, 1.807) is 6.26 Å². The fourth-order valence-electron chi connectivity index (χ4n) is 1.25. The zero-order valence-corrected chi connectivity index (χ0v) is 6.41. The first-order chi connectivity index (χ1) is 5.92. The molecule has 1 aromatic carbocycles. The molecule has 0 bridgehead atoms. The van der Waals surface area contributed by atoms with Crippen LogP contribution in [-0.2, 0) is 11.2 Å². The molecule has 2 heteroatoms. The zero-order chi connectivity index (χ0) is 8.39. The van der Waals surface area contributed by atoms with Crippen molar-refractivity contribution in [3.05, 3.63) is 36.3 Å². The smallest absolute Gasteiger partial charge is 0.206 e. The molecular weight excluding hydrogens is 152 g/mol. The second-order valence-electron chi connectivity index (χ2n) is 2.57. The highest BCUT2D eigenvalue weighted by Gasteiger charge is 2.03. The molecule has 2 rings (SSSR count). The van der Waals surface area contributed by atoms with E-state index in [-0.39, 0.29) is 6.42 Å². The molecule has 59 valence electrons. The molecule has 0 unspecified atom stereocenters. The summed E-state index contributed by atoms with van der Waals surface area (Å²) < 4.78 is 5.19. The first kappa shape index (κ1) is 7.10. The molecule has 0 amide bonds. The molecular formula is C10H7O2. The molecule has 0 aliphatic rings. The largest absolute Gasteiger partial charge is 0.468 e. The van der Waals surface area contributed by atoms with Gasteiger partial charge >= 0.3 is 0 Å². The lowest BCUT2D eigenvalue weighted by molar-refractivity contribution is 0.515. The number of fused-ring (bicyclic) bond motifs is 1. The molecule has 1 heterocycles. The number of benzene rings is 1. The van der Waals surface area contributed by atoms with Crippen LogP contribution in [0.4, 0.5) is 0 Å². The van der Waals surface area contributed by atoms with Crippen molar-refractivity contribution in [1.82, 2.24) is 0 Å². The topological polar surface area (TPSA) is 30.2 Å². The van der Waals surface area contributed by atoms with Gasteiger partial charge < -0.3 is 4.42 Å². The summed E-state index contributed by atoms with van der Waals surface area (Å²) in [6, 6.07) is 7.75. The Bertz CT molecular complexity index is 401. The minimum absolute atomic E-state index is 0.230. The van der Waals surface area contributed by atoms with E-state index in [1.165, 1.54) is 0 Å². The van der Waals surface area contributed by atoms with Crippen LogP contribution in [0.5, 0.6) is 0 Å². The van der Waals surface area contributed by atoms with E-state index in [1.807, 2.05) is 30.6 Å². The molecule has 0 spiro atoms. The van der Waals surface area contributed by atoms with E-state index in [0.717, 1.165) is 10.8 Å². The summed E-state index contributed by atoms with van der Waals surface area (Å²) in [5, 5.41) is 2.03. The normalized spacial score (nSPS) is 10.3. The van der Waals surface area contributed by atoms with Gasteiger partial charge in [-0.2, -0.15) is 0 Å². The van der Waals surface area contributed by atoms with E-state index in [0.29, 0.717) is 5.76 Å². The Labute approximate surface area is 69.8 Å². The summed E-state index contributed by atoms with van der Waals surface area (Å²) in [5.41, 5.74) is 0. The van der Waals surface area contributed by atoms with Crippen LogP contribution in [0.2, 0.25) is 0 Å². The van der Waals surface area contributed by atoms with Crippen molar-refractivity contribution in [3.8, 4) is 0 Å². The van der Waals surface area contributed by atoms with Crippen LogP contribution in [0.15, 0.2) is 34.9 Å². The summed E-state index contributed by atoms with van der Waals surface area (Å²) in [6.07, 6.45) is 3.70. The Morgan fingerprint density at radius 3 is 3.00 bits per heavy atom. The predicted octanol–water partition coefficient (Wildman–Crippen LogP) is 2.08. The van der Waals surface area contributed by atoms with Crippen LogP contribution in [0.1, 0.15) is 5.76 Å². The van der Waals surface area contributed by atoms with E-state index >= 15 is 0 Å². The van der Waals surface area contributed by atoms with Gasteiger partial charge in [-0.05, 0) is 0 Å². The summed E-state index contributed by atoms with van der Waals surface area (Å²) in [7, 11) is 0. The van der Waals surface area contributed by atoms with Crippen molar-refractivity contribution in [1.29, 1.82) is 0 Å². The van der Waals surface area contributed by atoms with E-state index in [9.17, 15) is 4.79 Å². The lowest BCUT2D eigenvalue weighted by Crippen LogP contribution is -1.81. The predicted molar refractivity (Wildman–Crippen MR) is 45.6 cm³/mol. The quantitative estimate of drug-likeness (QED) is 0.671. The molecule has 2 nitrogen and oxygen atoms in total. The van der Waals surface area contributed by atoms with Crippen molar-refractivity contribution >= 4 is 17.1 Å². The SMILES string of the molecule is O=[C]Cc1occ2ccccc12. The van der Waals surface area contributed by atoms with Crippen molar-refractivity contribution in [2.24, 2.45) is 0 Å². The van der Waals surface area contributed by atoms with Crippen LogP contribution in [-0.4, -0.2) is 6.29 Å². The molecule has 1 aromatic heterocycles. The molecule has 0 aliphatic carbocycles. The molecule has 0 saturated carbocycles. The summed E-state index contributed by atoms with van der Waals surface area (Å²) in [4.78, 5) is 10.1. The highest BCUT2D eigenvalue weighted by Crippen LogP contribution is 2.20. The number of hydrogen-bond acceptors (Lipinski definition) is 2. The zero-order valence-electron chi connectivity index (χ0n) is 6.41. The number of furan rings is 1. The molecule has 0 atom stereocenters. The van der Waals surface area contributed by atoms with Crippen LogP contribution in [0.3, 0.4) is 0 Å². The minimum Gasteiger partial charge on any atom is -0.468 e. The summed E-state index contributed by atoms with van der Waals surface area (Å²) >= 11 is 0. The second kappa shape index (κ2) is 2.81. The van der Waals surface area contributed by atoms with Crippen LogP contribution in [0, 0.1) is 0 Å². The van der Waals surface area contributed by atoms with Crippen molar-refractivity contribution < 1.29 is 9.21 Å². The van der Waals surface area contributed by atoms with Crippen LogP contribution < -0.4 is 0 Å². The van der Waals surface area contributed by atoms with Crippen molar-refractivity contribution in [3.63, 3.8) is 0 Å². The molecule has 0 aliphatic heterocycles. The van der Waals surface area contributed by atoms with Gasteiger partial charge in [0.2, 0.25) is 6.29 Å². The third kappa shape index (κ3) is 1.01. The molecule has 12 heavy (non-hydrogen) atoms. The molecule has 0 N–H and O–H groups in total. The second-order valence-corrected chi connectivity index (χ2v) is 2.57. The fourth-order valence-corrected chi connectivity index (χ4v) is 1.25. The number of hydrogen-bond donors (Lipinski definition) is 0. The molecule has 2 aromatic rings. The van der Waals surface area contributed by atoms with Crippen molar-refractivity contribution in [2.45, 2.75) is 6.42 Å². The standard InChI is InChI=1S/C10H7O2/c11-6-5-10-9-4-2-1-3-8(9)7-12-10/h1-4,7H,5H2. The van der Waals surface area contributed by atoms with E-state index in [2.05, 4.69) is 0 Å². The minimum atomic E-state index is 0.230. The number of carbonyl (C=O) groups excluding carboxylic acids is 1. The van der Waals surface area contributed by atoms with Gasteiger partial charge in [0.25, 0.3) is 0 Å². The fraction of sp³-hybridized carbons (Fsp3) is 0.100. The van der Waals surface area contributed by atoms with Gasteiger partial charge in [0, 0.05) is 10.8 Å². The summed E-state index contributed by atoms with van der Waals surface area (Å²) in [5.74, 6) is 0.695. The Morgan fingerprint density at radius 2 is 2.17 bits per heavy atom.